The largest absolute Gasteiger partial charge is 0.452 e. The molecule has 0 unspecified atom stereocenters. The predicted molar refractivity (Wildman–Crippen MR) is 102 cm³/mol. The Kier molecular flexibility index (Phi) is 6.48. The third kappa shape index (κ3) is 5.34. The van der Waals surface area contributed by atoms with Crippen LogP contribution in [0.3, 0.4) is 0 Å². The fraction of sp³-hybridized carbons (Fsp3) is 0.125. The number of carbonyl (C=O) groups excluding carboxylic acids is 2. The van der Waals surface area contributed by atoms with Crippen LogP contribution in [-0.4, -0.2) is 31.8 Å². The molecule has 0 aliphatic rings. The van der Waals surface area contributed by atoms with Crippen LogP contribution in [0.2, 0.25) is 0 Å². The van der Waals surface area contributed by atoms with Crippen LogP contribution in [0.4, 0.5) is 11.4 Å². The first-order chi connectivity index (χ1) is 13.0. The number of hydrogen-bond donors (Lipinski definition) is 2. The van der Waals surface area contributed by atoms with Gasteiger partial charge in [-0.25, -0.2) is 18.4 Å². The van der Waals surface area contributed by atoms with Gasteiger partial charge in [-0.2, -0.15) is 0 Å². The van der Waals surface area contributed by atoms with Crippen LogP contribution >= 0.6 is 15.9 Å². The molecule has 0 radical (unpaired) electrons. The Bertz CT molecular complexity index is 1070. The summed E-state index contributed by atoms with van der Waals surface area (Å²) in [5, 5.41) is 18.2. The molecule has 2 rings (SSSR count). The monoisotopic (exact) mass is 471 g/mol. The van der Waals surface area contributed by atoms with E-state index in [0.29, 0.717) is 11.3 Å². The number of halogens is 1. The molecule has 12 heteroatoms. The van der Waals surface area contributed by atoms with E-state index in [2.05, 4.69) is 21.2 Å². The van der Waals surface area contributed by atoms with Gasteiger partial charge in [0.15, 0.2) is 6.61 Å². The molecule has 0 aromatic heterocycles. The molecule has 0 aliphatic heterocycles. The Morgan fingerprint density at radius 3 is 2.50 bits per heavy atom. The van der Waals surface area contributed by atoms with Gasteiger partial charge in [0.05, 0.1) is 15.4 Å². The number of nitrogens with one attached hydrogen (secondary N) is 1. The number of esters is 1. The van der Waals surface area contributed by atoms with Gasteiger partial charge < -0.3 is 10.1 Å². The zero-order chi connectivity index (χ0) is 21.1. The van der Waals surface area contributed by atoms with Crippen molar-refractivity contribution in [3.8, 4) is 0 Å². The molecule has 2 aromatic rings. The predicted octanol–water partition coefficient (Wildman–Crippen LogP) is 2.11. The lowest BCUT2D eigenvalue weighted by atomic mass is 10.2. The van der Waals surface area contributed by atoms with Gasteiger partial charge in [-0.15, -0.1) is 0 Å². The van der Waals surface area contributed by atoms with E-state index < -0.39 is 33.4 Å². The Morgan fingerprint density at radius 1 is 1.25 bits per heavy atom. The van der Waals surface area contributed by atoms with Crippen molar-refractivity contribution in [2.75, 3.05) is 11.9 Å². The normalized spacial score (nSPS) is 11.0. The van der Waals surface area contributed by atoms with Crippen molar-refractivity contribution in [2.24, 2.45) is 5.14 Å². The van der Waals surface area contributed by atoms with E-state index in [4.69, 9.17) is 9.88 Å². The fourth-order valence-electron chi connectivity index (χ4n) is 2.13. The summed E-state index contributed by atoms with van der Waals surface area (Å²) in [7, 11) is -4.02. The van der Waals surface area contributed by atoms with Gasteiger partial charge in [0.1, 0.15) is 0 Å². The summed E-state index contributed by atoms with van der Waals surface area (Å²) in [6.45, 7) is 0.922. The van der Waals surface area contributed by atoms with Crippen LogP contribution in [-0.2, 0) is 19.6 Å². The molecule has 0 heterocycles. The van der Waals surface area contributed by atoms with Crippen LogP contribution in [0.5, 0.6) is 0 Å². The number of nitrogens with two attached hydrogens (primary N) is 1. The molecular weight excluding hydrogens is 458 g/mol. The molecule has 0 aliphatic carbocycles. The number of nitro groups is 1. The summed E-state index contributed by atoms with van der Waals surface area (Å²) in [4.78, 5) is 34.0. The number of hydrogen-bond acceptors (Lipinski definition) is 7. The van der Waals surface area contributed by atoms with E-state index in [1.807, 2.05) is 0 Å². The highest BCUT2D eigenvalue weighted by Gasteiger charge is 2.18. The lowest BCUT2D eigenvalue weighted by Crippen LogP contribution is -2.22. The van der Waals surface area contributed by atoms with Gasteiger partial charge in [0.2, 0.25) is 10.0 Å². The van der Waals surface area contributed by atoms with Crippen LogP contribution in [0, 0.1) is 17.0 Å². The average Bonchev–Trinajstić information content (AvgIpc) is 2.60. The standard InChI is InChI=1S/C16H14BrN3O7S/c1-9-6-10(20(23)24)2-5-14(9)19-15(21)8-27-16(22)12-7-11(28(18,25)26)3-4-13(12)17/h2-7H,8H2,1H3,(H,19,21)(H2,18,25,26). The smallest absolute Gasteiger partial charge is 0.339 e. The Hall–Kier alpha value is -2.83. The summed E-state index contributed by atoms with van der Waals surface area (Å²) in [5.74, 6) is -1.61. The minimum atomic E-state index is -4.02. The first-order valence-corrected chi connectivity index (χ1v) is 9.87. The lowest BCUT2D eigenvalue weighted by Gasteiger charge is -2.10. The minimum Gasteiger partial charge on any atom is -0.452 e. The van der Waals surface area contributed by atoms with Gasteiger partial charge >= 0.3 is 5.97 Å². The van der Waals surface area contributed by atoms with Crippen molar-refractivity contribution in [2.45, 2.75) is 11.8 Å². The van der Waals surface area contributed by atoms with Gasteiger partial charge in [-0.05, 0) is 52.7 Å². The molecule has 2 aromatic carbocycles. The number of rotatable bonds is 6. The van der Waals surface area contributed by atoms with E-state index in [-0.39, 0.29) is 20.6 Å². The first kappa shape index (κ1) is 21.5. The number of sulfonamides is 1. The quantitative estimate of drug-likeness (QED) is 0.370. The van der Waals surface area contributed by atoms with Crippen molar-refractivity contribution in [3.05, 3.63) is 62.1 Å². The van der Waals surface area contributed by atoms with Crippen LogP contribution in [0.25, 0.3) is 0 Å². The van der Waals surface area contributed by atoms with Gasteiger partial charge in [-0.3, -0.25) is 14.9 Å². The first-order valence-electron chi connectivity index (χ1n) is 7.53. The summed E-state index contributed by atoms with van der Waals surface area (Å²) >= 11 is 3.09. The maximum Gasteiger partial charge on any atom is 0.339 e. The molecule has 3 N–H and O–H groups in total. The number of ether oxygens (including phenoxy) is 1. The number of carbonyl (C=O) groups is 2. The van der Waals surface area contributed by atoms with E-state index in [1.165, 1.54) is 30.3 Å². The SMILES string of the molecule is Cc1cc([N+](=O)[O-])ccc1NC(=O)COC(=O)c1cc(S(N)(=O)=O)ccc1Br. The molecule has 10 nitrogen and oxygen atoms in total. The molecule has 0 saturated heterocycles. The highest BCUT2D eigenvalue weighted by Crippen LogP contribution is 2.22. The maximum atomic E-state index is 12.1. The molecule has 0 fully saturated rings. The zero-order valence-electron chi connectivity index (χ0n) is 14.3. The second-order valence-electron chi connectivity index (χ2n) is 5.57. The van der Waals surface area contributed by atoms with Crippen molar-refractivity contribution in [1.82, 2.24) is 0 Å². The lowest BCUT2D eigenvalue weighted by molar-refractivity contribution is -0.384. The van der Waals surface area contributed by atoms with Crippen molar-refractivity contribution in [3.63, 3.8) is 0 Å². The number of nitrogens with zero attached hydrogens (tertiary/aromatic N) is 1. The van der Waals surface area contributed by atoms with E-state index in [9.17, 15) is 28.1 Å². The number of anilines is 1. The third-order valence-corrected chi connectivity index (χ3v) is 5.12. The number of aryl methyl sites for hydroxylation is 1. The molecular formula is C16H14BrN3O7S. The van der Waals surface area contributed by atoms with Crippen molar-refractivity contribution < 1.29 is 27.7 Å². The average molecular weight is 472 g/mol. The summed E-state index contributed by atoms with van der Waals surface area (Å²) in [5.41, 5.74) is 0.536. The fourth-order valence-corrected chi connectivity index (χ4v) is 3.08. The van der Waals surface area contributed by atoms with Gasteiger partial charge in [0.25, 0.3) is 11.6 Å². The zero-order valence-corrected chi connectivity index (χ0v) is 16.7. The van der Waals surface area contributed by atoms with Gasteiger partial charge in [0, 0.05) is 22.3 Å². The topological polar surface area (TPSA) is 159 Å². The highest BCUT2D eigenvalue weighted by molar-refractivity contribution is 9.10. The molecule has 28 heavy (non-hydrogen) atoms. The number of amides is 1. The molecule has 148 valence electrons. The number of non-ortho nitro benzene ring substituents is 1. The molecule has 0 atom stereocenters. The van der Waals surface area contributed by atoms with Crippen LogP contribution < -0.4 is 10.5 Å². The van der Waals surface area contributed by atoms with E-state index in [0.717, 1.165) is 6.07 Å². The maximum absolute atomic E-state index is 12.1. The second kappa shape index (κ2) is 8.46. The Labute approximate surface area is 168 Å². The van der Waals surface area contributed by atoms with Crippen molar-refractivity contribution >= 4 is 49.2 Å². The van der Waals surface area contributed by atoms with Gasteiger partial charge in [-0.1, -0.05) is 0 Å². The number of primary sulfonamides is 1. The summed E-state index contributed by atoms with van der Waals surface area (Å²) in [6.07, 6.45) is 0. The van der Waals surface area contributed by atoms with Crippen molar-refractivity contribution in [1.29, 1.82) is 0 Å². The number of nitro benzene ring substituents is 1. The Morgan fingerprint density at radius 2 is 1.93 bits per heavy atom. The molecule has 0 spiro atoms. The molecule has 0 saturated carbocycles. The van der Waals surface area contributed by atoms with Crippen LogP contribution in [0.15, 0.2) is 45.8 Å². The Balaban J connectivity index is 2.05. The minimum absolute atomic E-state index is 0.120. The molecule has 0 bridgehead atoms. The van der Waals surface area contributed by atoms with E-state index >= 15 is 0 Å². The highest BCUT2D eigenvalue weighted by atomic mass is 79.9. The third-order valence-electron chi connectivity index (χ3n) is 3.52. The van der Waals surface area contributed by atoms with E-state index in [1.54, 1.807) is 6.92 Å². The second-order valence-corrected chi connectivity index (χ2v) is 7.98. The summed E-state index contributed by atoms with van der Waals surface area (Å²) < 4.78 is 27.9. The number of benzene rings is 2. The molecule has 1 amide bonds. The summed E-state index contributed by atoms with van der Waals surface area (Å²) in [6, 6.07) is 7.43. The van der Waals surface area contributed by atoms with Crippen LogP contribution in [0.1, 0.15) is 15.9 Å².